The number of carbonyl (C=O) groups excluding carboxylic acids is 2. The summed E-state index contributed by atoms with van der Waals surface area (Å²) in [5.74, 6) is -1.01. The van der Waals surface area contributed by atoms with E-state index in [-0.39, 0.29) is 5.70 Å². The van der Waals surface area contributed by atoms with Gasteiger partial charge in [-0.15, -0.1) is 0 Å². The van der Waals surface area contributed by atoms with Crippen molar-refractivity contribution in [2.45, 2.75) is 41.0 Å². The lowest BCUT2D eigenvalue weighted by molar-refractivity contribution is -0.133. The molecule has 1 N–H and O–H groups in total. The molecule has 0 aliphatic rings. The molecule has 4 heteroatoms. The fourth-order valence-corrected chi connectivity index (χ4v) is 0.927. The van der Waals surface area contributed by atoms with E-state index in [9.17, 15) is 9.59 Å². The Hall–Kier alpha value is -1.16. The van der Waals surface area contributed by atoms with Gasteiger partial charge in [0.1, 0.15) is 0 Å². The number of hydrogen-bond donors (Lipinski definition) is 1. The monoisotopic (exact) mass is 258 g/mol. The van der Waals surface area contributed by atoms with Crippen LogP contribution in [0.2, 0.25) is 0 Å². The van der Waals surface area contributed by atoms with Crippen molar-refractivity contribution in [1.82, 2.24) is 10.2 Å². The summed E-state index contributed by atoms with van der Waals surface area (Å²) in [5, 5.41) is 2.83. The van der Waals surface area contributed by atoms with Crippen LogP contribution in [0.5, 0.6) is 0 Å². The minimum absolute atomic E-state index is 0.191. The van der Waals surface area contributed by atoms with E-state index in [1.807, 2.05) is 41.8 Å². The van der Waals surface area contributed by atoms with Crippen molar-refractivity contribution in [2.24, 2.45) is 0 Å². The second kappa shape index (κ2) is 15.8. The van der Waals surface area contributed by atoms with Gasteiger partial charge in [-0.05, 0) is 27.1 Å². The van der Waals surface area contributed by atoms with Crippen LogP contribution in [0.25, 0.3) is 0 Å². The van der Waals surface area contributed by atoms with Crippen LogP contribution in [0.1, 0.15) is 41.0 Å². The Bertz CT molecular complexity index is 236. The molecule has 0 atom stereocenters. The summed E-state index contributed by atoms with van der Waals surface area (Å²) in [6.07, 6.45) is 0.914. The van der Waals surface area contributed by atoms with E-state index in [0.29, 0.717) is 6.54 Å². The van der Waals surface area contributed by atoms with Crippen LogP contribution in [0.15, 0.2) is 12.3 Å². The molecular weight excluding hydrogens is 228 g/mol. The van der Waals surface area contributed by atoms with Gasteiger partial charge in [-0.3, -0.25) is 9.59 Å². The maximum absolute atomic E-state index is 11.0. The molecule has 0 aromatic heterocycles. The van der Waals surface area contributed by atoms with E-state index in [2.05, 4.69) is 16.8 Å². The Morgan fingerprint density at radius 1 is 1.11 bits per heavy atom. The largest absolute Gasteiger partial charge is 0.382 e. The van der Waals surface area contributed by atoms with Crippen molar-refractivity contribution in [3.63, 3.8) is 0 Å². The molecule has 0 fully saturated rings. The lowest BCUT2D eigenvalue weighted by Gasteiger charge is -2.10. The van der Waals surface area contributed by atoms with Crippen LogP contribution in [-0.2, 0) is 9.59 Å². The summed E-state index contributed by atoms with van der Waals surface area (Å²) in [7, 11) is 3.96. The van der Waals surface area contributed by atoms with E-state index in [1.165, 1.54) is 6.92 Å². The average molecular weight is 258 g/mol. The molecular formula is C14H30N2O2. The third kappa shape index (κ3) is 14.8. The second-order valence-electron chi connectivity index (χ2n) is 3.45. The van der Waals surface area contributed by atoms with Crippen LogP contribution in [-0.4, -0.2) is 43.7 Å². The van der Waals surface area contributed by atoms with Crippen LogP contribution >= 0.6 is 0 Å². The predicted octanol–water partition coefficient (Wildman–Crippen LogP) is 2.25. The number of Topliss-reactive ketones (excluding diaryl/α,β-unsaturated/α-hetero) is 2. The fourth-order valence-electron chi connectivity index (χ4n) is 0.927. The van der Waals surface area contributed by atoms with E-state index < -0.39 is 11.6 Å². The van der Waals surface area contributed by atoms with Gasteiger partial charge in [-0.25, -0.2) is 0 Å². The number of nitrogens with one attached hydrogen (secondary N) is 1. The lowest BCUT2D eigenvalue weighted by atomic mass is 10.2. The molecule has 0 aromatic carbocycles. The highest BCUT2D eigenvalue weighted by Gasteiger charge is 2.10. The van der Waals surface area contributed by atoms with Gasteiger partial charge in [-0.2, -0.15) is 0 Å². The maximum atomic E-state index is 11.0. The molecule has 0 radical (unpaired) electrons. The first kappa shape index (κ1) is 22.1. The van der Waals surface area contributed by atoms with Gasteiger partial charge >= 0.3 is 0 Å². The second-order valence-corrected chi connectivity index (χ2v) is 3.45. The van der Waals surface area contributed by atoms with Gasteiger partial charge in [0.2, 0.25) is 11.6 Å². The van der Waals surface area contributed by atoms with E-state index in [0.717, 1.165) is 13.0 Å². The first-order chi connectivity index (χ1) is 8.45. The quantitative estimate of drug-likeness (QED) is 0.432. The molecule has 0 aliphatic carbocycles. The van der Waals surface area contributed by atoms with Crippen molar-refractivity contribution in [2.75, 3.05) is 27.2 Å². The minimum Gasteiger partial charge on any atom is -0.382 e. The average Bonchev–Trinajstić information content (AvgIpc) is 2.37. The van der Waals surface area contributed by atoms with E-state index in [1.54, 1.807) is 0 Å². The van der Waals surface area contributed by atoms with Crippen molar-refractivity contribution in [3.05, 3.63) is 12.3 Å². The predicted molar refractivity (Wildman–Crippen MR) is 78.7 cm³/mol. The molecule has 0 amide bonds. The summed E-state index contributed by atoms with van der Waals surface area (Å²) in [6, 6.07) is 0. The summed E-state index contributed by atoms with van der Waals surface area (Å²) < 4.78 is 0. The van der Waals surface area contributed by atoms with Crippen LogP contribution in [0.4, 0.5) is 0 Å². The SMILES string of the molecule is C=C(NCCCN(C)C)C(=O)C(C)=O.CC.CC. The van der Waals surface area contributed by atoms with Crippen molar-refractivity contribution < 1.29 is 9.59 Å². The van der Waals surface area contributed by atoms with Crippen LogP contribution in [0.3, 0.4) is 0 Å². The number of rotatable bonds is 7. The third-order valence-corrected chi connectivity index (χ3v) is 1.71. The highest BCUT2D eigenvalue weighted by Crippen LogP contribution is 1.90. The summed E-state index contributed by atoms with van der Waals surface area (Å²) in [5.41, 5.74) is 0.191. The van der Waals surface area contributed by atoms with Gasteiger partial charge in [0.25, 0.3) is 0 Å². The minimum atomic E-state index is -0.533. The molecule has 4 nitrogen and oxygen atoms in total. The molecule has 0 bridgehead atoms. The number of ketones is 2. The molecule has 0 rings (SSSR count). The van der Waals surface area contributed by atoms with Gasteiger partial charge in [0.15, 0.2) is 0 Å². The van der Waals surface area contributed by atoms with Crippen molar-refractivity contribution >= 4 is 11.6 Å². The molecule has 108 valence electrons. The first-order valence-electron chi connectivity index (χ1n) is 6.58. The summed E-state index contributed by atoms with van der Waals surface area (Å²) in [6.45, 7) is 14.3. The highest BCUT2D eigenvalue weighted by molar-refractivity contribution is 6.42. The van der Waals surface area contributed by atoms with E-state index >= 15 is 0 Å². The topological polar surface area (TPSA) is 49.4 Å². The number of carbonyl (C=O) groups is 2. The zero-order valence-electron chi connectivity index (χ0n) is 13.1. The molecule has 0 unspecified atom stereocenters. The number of allylic oxidation sites excluding steroid dienone is 1. The fraction of sp³-hybridized carbons (Fsp3) is 0.714. The van der Waals surface area contributed by atoms with Gasteiger partial charge in [-0.1, -0.05) is 34.3 Å². The summed E-state index contributed by atoms with van der Waals surface area (Å²) >= 11 is 0. The maximum Gasteiger partial charge on any atom is 0.243 e. The van der Waals surface area contributed by atoms with Crippen molar-refractivity contribution in [3.8, 4) is 0 Å². The normalized spacial score (nSPS) is 8.44. The zero-order chi connectivity index (χ0) is 15.1. The number of hydrogen-bond acceptors (Lipinski definition) is 4. The Kier molecular flexibility index (Phi) is 19.4. The van der Waals surface area contributed by atoms with E-state index in [4.69, 9.17) is 0 Å². The number of nitrogens with zero attached hydrogens (tertiary/aromatic N) is 1. The van der Waals surface area contributed by atoms with Gasteiger partial charge in [0, 0.05) is 13.5 Å². The third-order valence-electron chi connectivity index (χ3n) is 1.71. The Balaban J connectivity index is -0.000000506. The molecule has 0 aliphatic heterocycles. The smallest absolute Gasteiger partial charge is 0.243 e. The summed E-state index contributed by atoms with van der Waals surface area (Å²) in [4.78, 5) is 23.8. The molecule has 0 aromatic rings. The van der Waals surface area contributed by atoms with Gasteiger partial charge < -0.3 is 10.2 Å². The lowest BCUT2D eigenvalue weighted by Crippen LogP contribution is -2.26. The van der Waals surface area contributed by atoms with Crippen LogP contribution in [0, 0.1) is 0 Å². The van der Waals surface area contributed by atoms with Gasteiger partial charge in [0.05, 0.1) is 5.70 Å². The van der Waals surface area contributed by atoms with Crippen molar-refractivity contribution in [1.29, 1.82) is 0 Å². The molecule has 0 heterocycles. The zero-order valence-corrected chi connectivity index (χ0v) is 13.1. The molecule has 18 heavy (non-hydrogen) atoms. The standard InChI is InChI=1S/C10H18N2O2.2C2H6/c1-8(10(14)9(2)13)11-6-5-7-12(3)4;2*1-2/h11H,1,5-7H2,2-4H3;2*1-2H3. The Labute approximate surface area is 112 Å². The van der Waals surface area contributed by atoms with Crippen LogP contribution < -0.4 is 5.32 Å². The Morgan fingerprint density at radius 2 is 1.56 bits per heavy atom. The molecule has 0 saturated carbocycles. The first-order valence-corrected chi connectivity index (χ1v) is 6.58. The molecule has 0 saturated heterocycles. The highest BCUT2D eigenvalue weighted by atomic mass is 16.2. The Morgan fingerprint density at radius 3 is 1.89 bits per heavy atom. The molecule has 0 spiro atoms.